The molecule has 140 valence electrons. The average Bonchev–Trinajstić information content (AvgIpc) is 3.19. The Hall–Kier alpha value is -3.36. The summed E-state index contributed by atoms with van der Waals surface area (Å²) in [5, 5.41) is 2.62. The molecule has 27 heavy (non-hydrogen) atoms. The molecule has 0 saturated heterocycles. The van der Waals surface area contributed by atoms with Gasteiger partial charge in [-0.2, -0.15) is 13.2 Å². The van der Waals surface area contributed by atoms with Gasteiger partial charge in [0.25, 0.3) is 5.91 Å². The Kier molecular flexibility index (Phi) is 5.39. The Morgan fingerprint density at radius 3 is 2.74 bits per heavy atom. The molecule has 2 heterocycles. The first-order chi connectivity index (χ1) is 12.9. The number of hydrogen-bond acceptors (Lipinski definition) is 4. The van der Waals surface area contributed by atoms with Gasteiger partial charge in [0, 0.05) is 25.1 Å². The molecule has 0 radical (unpaired) electrons. The van der Waals surface area contributed by atoms with Crippen molar-refractivity contribution >= 4 is 5.91 Å². The molecule has 0 unspecified atom stereocenters. The van der Waals surface area contributed by atoms with Crippen molar-refractivity contribution in [3.8, 4) is 11.6 Å². The standard InChI is InChI=1S/C18H15F3N4O2/c19-18(20,21)14-2-1-3-15(8-14)27-11-17(26)24-10-13-4-5-16(23-9-13)25-7-6-22-12-25/h1-9,12H,10-11H2,(H,24,26). The number of nitrogens with one attached hydrogen (secondary N) is 1. The van der Waals surface area contributed by atoms with Crippen molar-refractivity contribution in [2.24, 2.45) is 0 Å². The smallest absolute Gasteiger partial charge is 0.416 e. The van der Waals surface area contributed by atoms with Gasteiger partial charge in [0.15, 0.2) is 6.61 Å². The number of hydrogen-bond donors (Lipinski definition) is 1. The zero-order valence-electron chi connectivity index (χ0n) is 14.0. The molecule has 3 rings (SSSR count). The minimum Gasteiger partial charge on any atom is -0.484 e. The lowest BCUT2D eigenvalue weighted by Crippen LogP contribution is -2.28. The third-order valence-corrected chi connectivity index (χ3v) is 3.60. The lowest BCUT2D eigenvalue weighted by Gasteiger charge is -2.10. The van der Waals surface area contributed by atoms with Crippen LogP contribution in [0.1, 0.15) is 11.1 Å². The molecule has 3 aromatic rings. The van der Waals surface area contributed by atoms with Crippen LogP contribution in [0.3, 0.4) is 0 Å². The van der Waals surface area contributed by atoms with E-state index < -0.39 is 17.6 Å². The number of rotatable bonds is 6. The van der Waals surface area contributed by atoms with Crippen molar-refractivity contribution in [2.75, 3.05) is 6.61 Å². The molecule has 0 aliphatic carbocycles. The number of imidazole rings is 1. The molecule has 0 fully saturated rings. The normalized spacial score (nSPS) is 11.2. The highest BCUT2D eigenvalue weighted by Gasteiger charge is 2.30. The lowest BCUT2D eigenvalue weighted by molar-refractivity contribution is -0.137. The molecule has 0 aliphatic rings. The lowest BCUT2D eigenvalue weighted by atomic mass is 10.2. The Balaban J connectivity index is 1.49. The third-order valence-electron chi connectivity index (χ3n) is 3.60. The van der Waals surface area contributed by atoms with Gasteiger partial charge < -0.3 is 10.1 Å². The van der Waals surface area contributed by atoms with Crippen LogP contribution in [0.15, 0.2) is 61.3 Å². The van der Waals surface area contributed by atoms with Crippen LogP contribution in [0.25, 0.3) is 5.82 Å². The quantitative estimate of drug-likeness (QED) is 0.718. The van der Waals surface area contributed by atoms with E-state index in [2.05, 4.69) is 15.3 Å². The Labute approximate surface area is 152 Å². The summed E-state index contributed by atoms with van der Waals surface area (Å²) >= 11 is 0. The summed E-state index contributed by atoms with van der Waals surface area (Å²) in [5.41, 5.74) is -0.0595. The second-order valence-electron chi connectivity index (χ2n) is 5.59. The van der Waals surface area contributed by atoms with Gasteiger partial charge in [-0.25, -0.2) is 9.97 Å². The van der Waals surface area contributed by atoms with E-state index in [9.17, 15) is 18.0 Å². The molecule has 0 atom stereocenters. The molecule has 0 aliphatic heterocycles. The molecule has 1 amide bonds. The average molecular weight is 376 g/mol. The highest BCUT2D eigenvalue weighted by atomic mass is 19.4. The first kappa shape index (κ1) is 18.4. The maximum Gasteiger partial charge on any atom is 0.416 e. The van der Waals surface area contributed by atoms with Crippen LogP contribution in [-0.2, 0) is 17.5 Å². The van der Waals surface area contributed by atoms with Gasteiger partial charge in [-0.15, -0.1) is 0 Å². The van der Waals surface area contributed by atoms with Crippen molar-refractivity contribution in [1.82, 2.24) is 19.9 Å². The molecule has 1 aromatic carbocycles. The number of carbonyl (C=O) groups excluding carboxylic acids is 1. The molecule has 6 nitrogen and oxygen atoms in total. The molecule has 1 N–H and O–H groups in total. The number of amides is 1. The second kappa shape index (κ2) is 7.90. The van der Waals surface area contributed by atoms with Crippen LogP contribution in [0.4, 0.5) is 13.2 Å². The molecular weight excluding hydrogens is 361 g/mol. The maximum atomic E-state index is 12.6. The van der Waals surface area contributed by atoms with E-state index in [0.717, 1.165) is 17.7 Å². The first-order valence-corrected chi connectivity index (χ1v) is 7.92. The fourth-order valence-corrected chi connectivity index (χ4v) is 2.23. The number of carbonyl (C=O) groups is 1. The highest BCUT2D eigenvalue weighted by Crippen LogP contribution is 2.31. The molecular formula is C18H15F3N4O2. The van der Waals surface area contributed by atoms with Crippen LogP contribution in [0, 0.1) is 0 Å². The van der Waals surface area contributed by atoms with Crippen LogP contribution < -0.4 is 10.1 Å². The van der Waals surface area contributed by atoms with E-state index in [0.29, 0.717) is 5.82 Å². The molecule has 0 spiro atoms. The number of benzene rings is 1. The summed E-state index contributed by atoms with van der Waals surface area (Å²) in [6.45, 7) is -0.163. The number of ether oxygens (including phenoxy) is 1. The predicted octanol–water partition coefficient (Wildman–Crippen LogP) is 2.98. The van der Waals surface area contributed by atoms with Gasteiger partial charge in [-0.05, 0) is 29.8 Å². The van der Waals surface area contributed by atoms with Gasteiger partial charge in [0.1, 0.15) is 17.9 Å². The largest absolute Gasteiger partial charge is 0.484 e. The molecule has 9 heteroatoms. The summed E-state index contributed by atoms with van der Waals surface area (Å²) in [6.07, 6.45) is 2.17. The van der Waals surface area contributed by atoms with Gasteiger partial charge in [0.2, 0.25) is 0 Å². The number of pyridine rings is 1. The fourth-order valence-electron chi connectivity index (χ4n) is 2.23. The van der Waals surface area contributed by atoms with Crippen LogP contribution in [0.5, 0.6) is 5.75 Å². The van der Waals surface area contributed by atoms with E-state index in [1.165, 1.54) is 12.1 Å². The highest BCUT2D eigenvalue weighted by molar-refractivity contribution is 5.77. The summed E-state index contributed by atoms with van der Waals surface area (Å²) < 4.78 is 44.8. The van der Waals surface area contributed by atoms with Crippen molar-refractivity contribution in [1.29, 1.82) is 0 Å². The topological polar surface area (TPSA) is 69.0 Å². The van der Waals surface area contributed by atoms with E-state index in [-0.39, 0.29) is 18.9 Å². The van der Waals surface area contributed by atoms with Gasteiger partial charge in [0.05, 0.1) is 5.56 Å². The molecule has 0 bridgehead atoms. The minimum absolute atomic E-state index is 0.0219. The van der Waals surface area contributed by atoms with Crippen molar-refractivity contribution < 1.29 is 22.7 Å². The Bertz CT molecular complexity index is 894. The van der Waals surface area contributed by atoms with Gasteiger partial charge >= 0.3 is 6.18 Å². The van der Waals surface area contributed by atoms with E-state index in [4.69, 9.17) is 4.74 Å². The first-order valence-electron chi connectivity index (χ1n) is 7.92. The third kappa shape index (κ3) is 5.06. The number of aromatic nitrogens is 3. The van der Waals surface area contributed by atoms with Crippen LogP contribution in [-0.4, -0.2) is 27.0 Å². The van der Waals surface area contributed by atoms with Crippen molar-refractivity contribution in [2.45, 2.75) is 12.7 Å². The zero-order valence-corrected chi connectivity index (χ0v) is 14.0. The summed E-state index contributed by atoms with van der Waals surface area (Å²) in [4.78, 5) is 20.0. The van der Waals surface area contributed by atoms with Gasteiger partial charge in [-0.3, -0.25) is 9.36 Å². The number of nitrogens with zero attached hydrogens (tertiary/aromatic N) is 3. The van der Waals surface area contributed by atoms with Gasteiger partial charge in [-0.1, -0.05) is 12.1 Å². The summed E-state index contributed by atoms with van der Waals surface area (Å²) in [5.74, 6) is 0.216. The minimum atomic E-state index is -4.46. The van der Waals surface area contributed by atoms with Crippen LogP contribution in [0.2, 0.25) is 0 Å². The number of alkyl halides is 3. The molecule has 0 saturated carbocycles. The predicted molar refractivity (Wildman–Crippen MR) is 90.1 cm³/mol. The van der Waals surface area contributed by atoms with E-state index >= 15 is 0 Å². The SMILES string of the molecule is O=C(COc1cccc(C(F)(F)F)c1)NCc1ccc(-n2ccnc2)nc1. The summed E-state index contributed by atoms with van der Waals surface area (Å²) in [7, 11) is 0. The van der Waals surface area contributed by atoms with E-state index in [1.807, 2.05) is 0 Å². The van der Waals surface area contributed by atoms with Crippen LogP contribution >= 0.6 is 0 Å². The Morgan fingerprint density at radius 1 is 1.22 bits per heavy atom. The molecule has 2 aromatic heterocycles. The maximum absolute atomic E-state index is 12.6. The van der Waals surface area contributed by atoms with Crippen molar-refractivity contribution in [3.63, 3.8) is 0 Å². The summed E-state index contributed by atoms with van der Waals surface area (Å²) in [6, 6.07) is 7.96. The Morgan fingerprint density at radius 2 is 2.07 bits per heavy atom. The fraction of sp³-hybridized carbons (Fsp3) is 0.167. The monoisotopic (exact) mass is 376 g/mol. The second-order valence-corrected chi connectivity index (χ2v) is 5.59. The zero-order chi connectivity index (χ0) is 19.3. The van der Waals surface area contributed by atoms with Crippen molar-refractivity contribution in [3.05, 3.63) is 72.4 Å². The van der Waals surface area contributed by atoms with E-state index in [1.54, 1.807) is 41.6 Å². The number of halogens is 3.